The highest BCUT2D eigenvalue weighted by Crippen LogP contribution is 2.13. The number of rotatable bonds is 16. The second kappa shape index (κ2) is 24.2. The first-order valence-corrected chi connectivity index (χ1v) is 10.5. The molecular formula is C21H47NO. The SMILES string of the molecule is CC(C)O.CCCCCCCCCCCCCCCCCCN. The lowest BCUT2D eigenvalue weighted by atomic mass is 10.0. The summed E-state index contributed by atoms with van der Waals surface area (Å²) in [5, 5.41) is 8.06. The Hall–Kier alpha value is -0.0800. The number of nitrogens with two attached hydrogens (primary N) is 1. The molecule has 0 aromatic rings. The molecule has 23 heavy (non-hydrogen) atoms. The van der Waals surface area contributed by atoms with Gasteiger partial charge in [-0.1, -0.05) is 103 Å². The Morgan fingerprint density at radius 1 is 0.565 bits per heavy atom. The van der Waals surface area contributed by atoms with E-state index in [1.165, 1.54) is 103 Å². The van der Waals surface area contributed by atoms with Crippen LogP contribution in [-0.2, 0) is 0 Å². The summed E-state index contributed by atoms with van der Waals surface area (Å²) >= 11 is 0. The largest absolute Gasteiger partial charge is 0.394 e. The monoisotopic (exact) mass is 329 g/mol. The van der Waals surface area contributed by atoms with Gasteiger partial charge in [0.15, 0.2) is 0 Å². The molecule has 0 saturated heterocycles. The molecule has 0 aromatic heterocycles. The summed E-state index contributed by atoms with van der Waals surface area (Å²) in [5.41, 5.74) is 5.48. The lowest BCUT2D eigenvalue weighted by molar-refractivity contribution is 0.216. The van der Waals surface area contributed by atoms with E-state index in [4.69, 9.17) is 10.8 Å². The summed E-state index contributed by atoms with van der Waals surface area (Å²) in [6.07, 6.45) is 22.7. The van der Waals surface area contributed by atoms with E-state index in [2.05, 4.69) is 6.92 Å². The Balaban J connectivity index is 0. The van der Waals surface area contributed by atoms with E-state index in [1.807, 2.05) is 0 Å². The molecule has 0 saturated carbocycles. The molecule has 0 atom stereocenters. The van der Waals surface area contributed by atoms with Gasteiger partial charge >= 0.3 is 0 Å². The van der Waals surface area contributed by atoms with Gasteiger partial charge in [-0.05, 0) is 26.8 Å². The van der Waals surface area contributed by atoms with Crippen LogP contribution in [0.2, 0.25) is 0 Å². The molecule has 0 aliphatic carbocycles. The van der Waals surface area contributed by atoms with E-state index in [0.29, 0.717) is 0 Å². The van der Waals surface area contributed by atoms with Crippen LogP contribution in [0, 0.1) is 0 Å². The number of hydrogen-bond acceptors (Lipinski definition) is 2. The fourth-order valence-corrected chi connectivity index (χ4v) is 2.69. The lowest BCUT2D eigenvalue weighted by Gasteiger charge is -2.03. The molecule has 0 rings (SSSR count). The van der Waals surface area contributed by atoms with Gasteiger partial charge in [0.2, 0.25) is 0 Å². The van der Waals surface area contributed by atoms with Crippen LogP contribution in [0.5, 0.6) is 0 Å². The Kier molecular flexibility index (Phi) is 26.5. The van der Waals surface area contributed by atoms with Crippen LogP contribution < -0.4 is 5.73 Å². The molecule has 142 valence electrons. The number of unbranched alkanes of at least 4 members (excludes halogenated alkanes) is 15. The van der Waals surface area contributed by atoms with Gasteiger partial charge in [0.25, 0.3) is 0 Å². The van der Waals surface area contributed by atoms with Gasteiger partial charge in [0.05, 0.1) is 0 Å². The van der Waals surface area contributed by atoms with Crippen molar-refractivity contribution in [3.63, 3.8) is 0 Å². The van der Waals surface area contributed by atoms with E-state index >= 15 is 0 Å². The fraction of sp³-hybridized carbons (Fsp3) is 1.00. The van der Waals surface area contributed by atoms with Gasteiger partial charge in [-0.25, -0.2) is 0 Å². The van der Waals surface area contributed by atoms with Crippen molar-refractivity contribution in [2.24, 2.45) is 5.73 Å². The second-order valence-corrected chi connectivity index (χ2v) is 7.19. The molecule has 2 nitrogen and oxygen atoms in total. The van der Waals surface area contributed by atoms with Crippen LogP contribution in [0.4, 0.5) is 0 Å². The maximum Gasteiger partial charge on any atom is 0.0483 e. The zero-order valence-electron chi connectivity index (χ0n) is 16.6. The predicted octanol–water partition coefficient (Wildman–Crippen LogP) is 6.59. The first-order chi connectivity index (χ1) is 11.1. The quantitative estimate of drug-likeness (QED) is 0.314. The minimum atomic E-state index is -0.167. The first-order valence-electron chi connectivity index (χ1n) is 10.5. The Bertz CT molecular complexity index is 164. The molecule has 3 N–H and O–H groups in total. The average Bonchev–Trinajstić information content (AvgIpc) is 2.50. The van der Waals surface area contributed by atoms with Gasteiger partial charge in [0, 0.05) is 6.10 Å². The molecule has 0 unspecified atom stereocenters. The molecule has 0 radical (unpaired) electrons. The molecule has 0 aromatic carbocycles. The third kappa shape index (κ3) is 34.3. The van der Waals surface area contributed by atoms with Crippen molar-refractivity contribution < 1.29 is 5.11 Å². The third-order valence-corrected chi connectivity index (χ3v) is 4.06. The van der Waals surface area contributed by atoms with Gasteiger partial charge in [0.1, 0.15) is 0 Å². The highest BCUT2D eigenvalue weighted by atomic mass is 16.3. The van der Waals surface area contributed by atoms with Crippen molar-refractivity contribution in [3.8, 4) is 0 Å². The molecule has 0 spiro atoms. The molecular weight excluding hydrogens is 282 g/mol. The number of aliphatic hydroxyl groups excluding tert-OH is 1. The standard InChI is InChI=1S/C18H39N.C3H8O/c1-2-3-4-5-6-7-8-9-10-11-12-13-14-15-16-17-18-19;1-3(2)4/h2-19H2,1H3;3-4H,1-2H3. The van der Waals surface area contributed by atoms with Gasteiger partial charge < -0.3 is 10.8 Å². The predicted molar refractivity (Wildman–Crippen MR) is 106 cm³/mol. The Labute approximate surface area is 147 Å². The van der Waals surface area contributed by atoms with Crippen molar-refractivity contribution >= 4 is 0 Å². The van der Waals surface area contributed by atoms with Crippen molar-refractivity contribution in [1.29, 1.82) is 0 Å². The average molecular weight is 330 g/mol. The first kappa shape index (κ1) is 25.2. The number of aliphatic hydroxyl groups is 1. The zero-order chi connectivity index (χ0) is 17.6. The van der Waals surface area contributed by atoms with Gasteiger partial charge in [-0.15, -0.1) is 0 Å². The van der Waals surface area contributed by atoms with Gasteiger partial charge in [-0.2, -0.15) is 0 Å². The van der Waals surface area contributed by atoms with Crippen LogP contribution in [0.15, 0.2) is 0 Å². The molecule has 0 fully saturated rings. The van der Waals surface area contributed by atoms with E-state index in [0.717, 1.165) is 6.54 Å². The van der Waals surface area contributed by atoms with Crippen LogP contribution in [-0.4, -0.2) is 17.8 Å². The minimum absolute atomic E-state index is 0.167. The maximum absolute atomic E-state index is 8.06. The Morgan fingerprint density at radius 2 is 0.783 bits per heavy atom. The fourth-order valence-electron chi connectivity index (χ4n) is 2.69. The second-order valence-electron chi connectivity index (χ2n) is 7.19. The normalized spacial score (nSPS) is 10.7. The zero-order valence-corrected chi connectivity index (χ0v) is 16.6. The highest BCUT2D eigenvalue weighted by Gasteiger charge is 1.94. The van der Waals surface area contributed by atoms with Crippen molar-refractivity contribution in [1.82, 2.24) is 0 Å². The van der Waals surface area contributed by atoms with Crippen LogP contribution in [0.1, 0.15) is 124 Å². The summed E-state index contributed by atoms with van der Waals surface area (Å²) in [5.74, 6) is 0. The highest BCUT2D eigenvalue weighted by molar-refractivity contribution is 4.49. The number of hydrogen-bond donors (Lipinski definition) is 2. The minimum Gasteiger partial charge on any atom is -0.394 e. The molecule has 0 bridgehead atoms. The lowest BCUT2D eigenvalue weighted by Crippen LogP contribution is -1.97. The Morgan fingerprint density at radius 3 is 1.00 bits per heavy atom. The van der Waals surface area contributed by atoms with Crippen molar-refractivity contribution in [3.05, 3.63) is 0 Å². The maximum atomic E-state index is 8.06. The van der Waals surface area contributed by atoms with Crippen molar-refractivity contribution in [2.75, 3.05) is 6.54 Å². The summed E-state index contributed by atoms with van der Waals surface area (Å²) in [6, 6.07) is 0. The van der Waals surface area contributed by atoms with Gasteiger partial charge in [-0.3, -0.25) is 0 Å². The van der Waals surface area contributed by atoms with E-state index < -0.39 is 0 Å². The molecule has 0 aliphatic heterocycles. The summed E-state index contributed by atoms with van der Waals surface area (Å²) in [7, 11) is 0. The molecule has 0 aliphatic rings. The van der Waals surface area contributed by atoms with E-state index in [1.54, 1.807) is 13.8 Å². The van der Waals surface area contributed by atoms with Crippen LogP contribution in [0.3, 0.4) is 0 Å². The van der Waals surface area contributed by atoms with Crippen LogP contribution >= 0.6 is 0 Å². The molecule has 0 amide bonds. The summed E-state index contributed by atoms with van der Waals surface area (Å²) in [6.45, 7) is 6.61. The van der Waals surface area contributed by atoms with Crippen molar-refractivity contribution in [2.45, 2.75) is 130 Å². The third-order valence-electron chi connectivity index (χ3n) is 4.06. The summed E-state index contributed by atoms with van der Waals surface area (Å²) in [4.78, 5) is 0. The topological polar surface area (TPSA) is 46.2 Å². The van der Waals surface area contributed by atoms with Crippen LogP contribution in [0.25, 0.3) is 0 Å². The molecule has 2 heteroatoms. The summed E-state index contributed by atoms with van der Waals surface area (Å²) < 4.78 is 0. The van der Waals surface area contributed by atoms with E-state index in [-0.39, 0.29) is 6.10 Å². The molecule has 0 heterocycles. The van der Waals surface area contributed by atoms with E-state index in [9.17, 15) is 0 Å². The smallest absolute Gasteiger partial charge is 0.0483 e.